The molecule has 2 atom stereocenters. The molecule has 0 radical (unpaired) electrons. The van der Waals surface area contributed by atoms with Gasteiger partial charge in [0.05, 0.1) is 13.2 Å². The quantitative estimate of drug-likeness (QED) is 0.765. The van der Waals surface area contributed by atoms with E-state index in [4.69, 9.17) is 4.74 Å². The molecule has 4 rings (SSSR count). The third-order valence-electron chi connectivity index (χ3n) is 5.84. The van der Waals surface area contributed by atoms with Crippen LogP contribution >= 0.6 is 12.4 Å². The Bertz CT molecular complexity index is 888. The normalized spacial score (nSPS) is 20.1. The second-order valence-corrected chi connectivity index (χ2v) is 7.66. The van der Waals surface area contributed by atoms with Gasteiger partial charge in [-0.1, -0.05) is 36.4 Å². The van der Waals surface area contributed by atoms with Crippen molar-refractivity contribution >= 4 is 24.2 Å². The number of ether oxygens (including phenoxy) is 1. The number of nitrogens with one attached hydrogen (secondary N) is 2. The zero-order chi connectivity index (χ0) is 20.2. The molecule has 0 spiro atoms. The lowest BCUT2D eigenvalue weighted by molar-refractivity contribution is -0.140. The fourth-order valence-electron chi connectivity index (χ4n) is 4.18. The summed E-state index contributed by atoms with van der Waals surface area (Å²) in [5.41, 5.74) is 3.46. The Morgan fingerprint density at radius 3 is 2.60 bits per heavy atom. The van der Waals surface area contributed by atoms with E-state index in [1.807, 2.05) is 36.4 Å². The average molecular weight is 430 g/mol. The van der Waals surface area contributed by atoms with Gasteiger partial charge in [0.1, 0.15) is 11.8 Å². The SMILES string of the molecule is COc1ccc(CNC(=O)[C@@H]2CCCN2C(=O)[C@@H]2Cc3ccccc3CN2)cc1.Cl. The maximum absolute atomic E-state index is 13.1. The summed E-state index contributed by atoms with van der Waals surface area (Å²) in [4.78, 5) is 27.7. The van der Waals surface area contributed by atoms with Gasteiger partial charge < -0.3 is 20.3 Å². The Morgan fingerprint density at radius 2 is 1.87 bits per heavy atom. The minimum atomic E-state index is -0.389. The van der Waals surface area contributed by atoms with E-state index in [1.165, 1.54) is 11.1 Å². The summed E-state index contributed by atoms with van der Waals surface area (Å²) in [5, 5.41) is 6.33. The first-order valence-corrected chi connectivity index (χ1v) is 10.2. The van der Waals surface area contributed by atoms with Gasteiger partial charge in [0.25, 0.3) is 0 Å². The van der Waals surface area contributed by atoms with Crippen molar-refractivity contribution < 1.29 is 14.3 Å². The number of fused-ring (bicyclic) bond motifs is 1. The van der Waals surface area contributed by atoms with E-state index in [-0.39, 0.29) is 36.3 Å². The van der Waals surface area contributed by atoms with Crippen molar-refractivity contribution in [3.63, 3.8) is 0 Å². The van der Waals surface area contributed by atoms with E-state index >= 15 is 0 Å². The van der Waals surface area contributed by atoms with E-state index in [0.29, 0.717) is 32.5 Å². The summed E-state index contributed by atoms with van der Waals surface area (Å²) in [7, 11) is 1.63. The predicted molar refractivity (Wildman–Crippen MR) is 118 cm³/mol. The Labute approximate surface area is 183 Å². The van der Waals surface area contributed by atoms with Crippen LogP contribution in [0.4, 0.5) is 0 Å². The summed E-state index contributed by atoms with van der Waals surface area (Å²) < 4.78 is 5.16. The molecule has 2 heterocycles. The number of halogens is 1. The molecular formula is C23H28ClN3O3. The van der Waals surface area contributed by atoms with Gasteiger partial charge in [-0.05, 0) is 48.1 Å². The fourth-order valence-corrected chi connectivity index (χ4v) is 4.18. The van der Waals surface area contributed by atoms with E-state index in [9.17, 15) is 9.59 Å². The summed E-state index contributed by atoms with van der Waals surface area (Å²) in [5.74, 6) is 0.735. The molecule has 0 aromatic heterocycles. The second-order valence-electron chi connectivity index (χ2n) is 7.66. The third kappa shape index (κ3) is 4.77. The maximum atomic E-state index is 13.1. The van der Waals surface area contributed by atoms with Crippen molar-refractivity contribution in [2.75, 3.05) is 13.7 Å². The zero-order valence-corrected chi connectivity index (χ0v) is 17.9. The molecule has 0 bridgehead atoms. The van der Waals surface area contributed by atoms with Crippen LogP contribution in [0.1, 0.15) is 29.5 Å². The molecule has 2 aromatic carbocycles. The molecule has 7 heteroatoms. The summed E-state index contributed by atoms with van der Waals surface area (Å²) in [6.07, 6.45) is 2.24. The Hall–Kier alpha value is -2.57. The molecule has 2 amide bonds. The fraction of sp³-hybridized carbons (Fsp3) is 0.391. The van der Waals surface area contributed by atoms with E-state index in [2.05, 4.69) is 22.8 Å². The number of amides is 2. The highest BCUT2D eigenvalue weighted by atomic mass is 35.5. The maximum Gasteiger partial charge on any atom is 0.243 e. The van der Waals surface area contributed by atoms with Crippen LogP contribution in [-0.2, 0) is 29.1 Å². The zero-order valence-electron chi connectivity index (χ0n) is 17.1. The van der Waals surface area contributed by atoms with Gasteiger partial charge >= 0.3 is 0 Å². The molecule has 1 fully saturated rings. The number of likely N-dealkylation sites (tertiary alicyclic amines) is 1. The lowest BCUT2D eigenvalue weighted by Gasteiger charge is -2.31. The number of methoxy groups -OCH3 is 1. The van der Waals surface area contributed by atoms with Crippen LogP contribution < -0.4 is 15.4 Å². The van der Waals surface area contributed by atoms with Crippen LogP contribution in [0.5, 0.6) is 5.75 Å². The minimum absolute atomic E-state index is 0. The molecule has 0 unspecified atom stereocenters. The standard InChI is InChI=1S/C23H27N3O3.ClH/c1-29-19-10-8-16(9-11-19)14-25-22(27)21-7-4-12-26(21)23(28)20-13-17-5-2-3-6-18(17)15-24-20;/h2-3,5-6,8-11,20-21,24H,4,7,12-15H2,1H3,(H,25,27);1H/t20-,21-;/m0./s1. The van der Waals surface area contributed by atoms with Crippen molar-refractivity contribution in [3.8, 4) is 5.75 Å². The first-order valence-electron chi connectivity index (χ1n) is 10.2. The largest absolute Gasteiger partial charge is 0.497 e. The van der Waals surface area contributed by atoms with E-state index < -0.39 is 0 Å². The van der Waals surface area contributed by atoms with Crippen molar-refractivity contribution in [2.45, 2.75) is 44.4 Å². The highest BCUT2D eigenvalue weighted by molar-refractivity contribution is 5.90. The van der Waals surface area contributed by atoms with Gasteiger partial charge in [0, 0.05) is 19.6 Å². The number of carbonyl (C=O) groups excluding carboxylic acids is 2. The van der Waals surface area contributed by atoms with Gasteiger partial charge in [-0.2, -0.15) is 0 Å². The third-order valence-corrected chi connectivity index (χ3v) is 5.84. The Kier molecular flexibility index (Phi) is 7.34. The lowest BCUT2D eigenvalue weighted by Crippen LogP contribution is -2.54. The molecule has 2 aromatic rings. The summed E-state index contributed by atoms with van der Waals surface area (Å²) in [6.45, 7) is 1.77. The summed E-state index contributed by atoms with van der Waals surface area (Å²) in [6, 6.07) is 15.2. The first kappa shape index (κ1) is 22.1. The Balaban J connectivity index is 0.00000256. The summed E-state index contributed by atoms with van der Waals surface area (Å²) >= 11 is 0. The van der Waals surface area contributed by atoms with Crippen LogP contribution in [-0.4, -0.2) is 42.5 Å². The van der Waals surface area contributed by atoms with Crippen molar-refractivity contribution in [2.24, 2.45) is 0 Å². The molecule has 160 valence electrons. The average Bonchev–Trinajstić information content (AvgIpc) is 3.27. The van der Waals surface area contributed by atoms with Crippen LogP contribution in [0.15, 0.2) is 48.5 Å². The van der Waals surface area contributed by atoms with Crippen molar-refractivity contribution in [1.82, 2.24) is 15.5 Å². The first-order chi connectivity index (χ1) is 14.2. The van der Waals surface area contributed by atoms with Gasteiger partial charge in [-0.25, -0.2) is 0 Å². The predicted octanol–water partition coefficient (Wildman–Crippen LogP) is 2.44. The van der Waals surface area contributed by atoms with Gasteiger partial charge in [0.2, 0.25) is 11.8 Å². The minimum Gasteiger partial charge on any atom is -0.497 e. The number of nitrogens with zero attached hydrogens (tertiary/aromatic N) is 1. The van der Waals surface area contributed by atoms with E-state index in [1.54, 1.807) is 12.0 Å². The monoisotopic (exact) mass is 429 g/mol. The Morgan fingerprint density at radius 1 is 1.13 bits per heavy atom. The highest BCUT2D eigenvalue weighted by Crippen LogP contribution is 2.23. The van der Waals surface area contributed by atoms with E-state index in [0.717, 1.165) is 17.7 Å². The number of carbonyl (C=O) groups is 2. The molecular weight excluding hydrogens is 402 g/mol. The molecule has 6 nitrogen and oxygen atoms in total. The van der Waals surface area contributed by atoms with Gasteiger partial charge in [-0.15, -0.1) is 12.4 Å². The van der Waals surface area contributed by atoms with Crippen molar-refractivity contribution in [1.29, 1.82) is 0 Å². The number of rotatable bonds is 5. The van der Waals surface area contributed by atoms with Crippen LogP contribution in [0.25, 0.3) is 0 Å². The van der Waals surface area contributed by atoms with Crippen molar-refractivity contribution in [3.05, 3.63) is 65.2 Å². The molecule has 2 aliphatic rings. The van der Waals surface area contributed by atoms with Gasteiger partial charge in [0.15, 0.2) is 0 Å². The molecule has 1 saturated heterocycles. The second kappa shape index (κ2) is 9.96. The molecule has 2 aliphatic heterocycles. The molecule has 2 N–H and O–H groups in total. The van der Waals surface area contributed by atoms with Crippen LogP contribution in [0.2, 0.25) is 0 Å². The lowest BCUT2D eigenvalue weighted by atomic mass is 9.95. The highest BCUT2D eigenvalue weighted by Gasteiger charge is 2.37. The van der Waals surface area contributed by atoms with Crippen LogP contribution in [0, 0.1) is 0 Å². The molecule has 0 aliphatic carbocycles. The molecule has 0 saturated carbocycles. The topological polar surface area (TPSA) is 70.7 Å². The molecule has 30 heavy (non-hydrogen) atoms. The van der Waals surface area contributed by atoms with Crippen LogP contribution in [0.3, 0.4) is 0 Å². The number of hydrogen-bond donors (Lipinski definition) is 2. The smallest absolute Gasteiger partial charge is 0.243 e. The van der Waals surface area contributed by atoms with Gasteiger partial charge in [-0.3, -0.25) is 9.59 Å². The number of benzene rings is 2. The number of hydrogen-bond acceptors (Lipinski definition) is 4.